The minimum Gasteiger partial charge on any atom is -0.486 e. The van der Waals surface area contributed by atoms with Gasteiger partial charge in [0, 0.05) is 21.0 Å². The minimum atomic E-state index is -0.250. The highest BCUT2D eigenvalue weighted by Gasteiger charge is 2.16. The van der Waals surface area contributed by atoms with E-state index in [0.29, 0.717) is 43.1 Å². The van der Waals surface area contributed by atoms with E-state index in [0.717, 1.165) is 16.5 Å². The van der Waals surface area contributed by atoms with Gasteiger partial charge in [-0.1, -0.05) is 82.8 Å². The molecule has 3 aromatic carbocycles. The number of benzene rings is 3. The van der Waals surface area contributed by atoms with Crippen molar-refractivity contribution in [1.29, 1.82) is 0 Å². The van der Waals surface area contributed by atoms with Crippen molar-refractivity contribution in [3.63, 3.8) is 0 Å². The molecule has 0 aliphatic rings. The lowest BCUT2D eigenvalue weighted by Gasteiger charge is -2.14. The summed E-state index contributed by atoms with van der Waals surface area (Å²) in [6.45, 7) is 4.27. The molecule has 4 aromatic rings. The molecular weight excluding hydrogens is 573 g/mol. The standard InChI is InChI=1S/C26H21BrCl3N3O2/c1-3-15(2)25-32-23-9-8-18(27)12-19(23)26(34)33(25)31-13-16-10-21(29)24(22(30)11-16)35-14-17-6-4-5-7-20(17)28/h4-13,15H,3,14H2,1-2H3/t15-/m0/s1. The molecule has 9 heteroatoms. The fourth-order valence-electron chi connectivity index (χ4n) is 3.46. The van der Waals surface area contributed by atoms with Crippen LogP contribution in [-0.2, 0) is 6.61 Å². The first-order valence-corrected chi connectivity index (χ1v) is 12.8. The van der Waals surface area contributed by atoms with E-state index in [4.69, 9.17) is 44.5 Å². The summed E-state index contributed by atoms with van der Waals surface area (Å²) in [6.07, 6.45) is 2.34. The first kappa shape index (κ1) is 25.7. The molecule has 0 amide bonds. The van der Waals surface area contributed by atoms with E-state index >= 15 is 0 Å². The quantitative estimate of drug-likeness (QED) is 0.204. The molecular formula is C26H21BrCl3N3O2. The maximum atomic E-state index is 13.3. The van der Waals surface area contributed by atoms with Crippen LogP contribution >= 0.6 is 50.7 Å². The van der Waals surface area contributed by atoms with E-state index < -0.39 is 0 Å². The number of nitrogens with zero attached hydrogens (tertiary/aromatic N) is 3. The van der Waals surface area contributed by atoms with Gasteiger partial charge < -0.3 is 4.74 Å². The van der Waals surface area contributed by atoms with Crippen molar-refractivity contribution in [2.45, 2.75) is 32.8 Å². The van der Waals surface area contributed by atoms with Crippen LogP contribution in [0.1, 0.15) is 43.1 Å². The molecule has 0 unspecified atom stereocenters. The van der Waals surface area contributed by atoms with Crippen LogP contribution in [0.2, 0.25) is 15.1 Å². The number of fused-ring (bicyclic) bond motifs is 1. The zero-order valence-corrected chi connectivity index (χ0v) is 22.8. The zero-order valence-electron chi connectivity index (χ0n) is 18.9. The second-order valence-electron chi connectivity index (χ2n) is 8.00. The van der Waals surface area contributed by atoms with Crippen molar-refractivity contribution in [2.24, 2.45) is 5.10 Å². The number of hydrogen-bond donors (Lipinski definition) is 0. The van der Waals surface area contributed by atoms with Crippen LogP contribution in [0, 0.1) is 0 Å². The molecule has 0 saturated heterocycles. The third kappa shape index (κ3) is 5.72. The molecule has 0 bridgehead atoms. The largest absolute Gasteiger partial charge is 0.486 e. The number of aromatic nitrogens is 2. The van der Waals surface area contributed by atoms with Gasteiger partial charge in [0.15, 0.2) is 5.75 Å². The smallest absolute Gasteiger partial charge is 0.282 e. The van der Waals surface area contributed by atoms with Crippen molar-refractivity contribution in [1.82, 2.24) is 9.66 Å². The predicted octanol–water partition coefficient (Wildman–Crippen LogP) is 8.09. The summed E-state index contributed by atoms with van der Waals surface area (Å²) < 4.78 is 7.97. The van der Waals surface area contributed by atoms with Crippen molar-refractivity contribution >= 4 is 67.9 Å². The normalized spacial score (nSPS) is 12.4. The van der Waals surface area contributed by atoms with Gasteiger partial charge in [-0.2, -0.15) is 9.78 Å². The predicted molar refractivity (Wildman–Crippen MR) is 148 cm³/mol. The zero-order chi connectivity index (χ0) is 25.1. The average Bonchev–Trinajstić information content (AvgIpc) is 2.83. The van der Waals surface area contributed by atoms with Crippen molar-refractivity contribution in [2.75, 3.05) is 0 Å². The Morgan fingerprint density at radius 3 is 2.49 bits per heavy atom. The number of halogens is 4. The summed E-state index contributed by atoms with van der Waals surface area (Å²) >= 11 is 22.5. The Labute approximate surface area is 226 Å². The van der Waals surface area contributed by atoms with E-state index in [1.54, 1.807) is 24.3 Å². The van der Waals surface area contributed by atoms with Gasteiger partial charge >= 0.3 is 0 Å². The van der Waals surface area contributed by atoms with Crippen LogP contribution < -0.4 is 10.3 Å². The summed E-state index contributed by atoms with van der Waals surface area (Å²) in [6, 6.07) is 16.2. The molecule has 0 aliphatic heterocycles. The van der Waals surface area contributed by atoms with E-state index in [1.165, 1.54) is 10.9 Å². The molecule has 0 fully saturated rings. The highest BCUT2D eigenvalue weighted by molar-refractivity contribution is 9.10. The Morgan fingerprint density at radius 1 is 1.09 bits per heavy atom. The van der Waals surface area contributed by atoms with E-state index in [1.807, 2.05) is 44.2 Å². The van der Waals surface area contributed by atoms with E-state index in [2.05, 4.69) is 21.0 Å². The summed E-state index contributed by atoms with van der Waals surface area (Å²) in [5.41, 5.74) is 1.81. The fraction of sp³-hybridized carbons (Fsp3) is 0.192. The van der Waals surface area contributed by atoms with Crippen LogP contribution in [0.5, 0.6) is 5.75 Å². The summed E-state index contributed by atoms with van der Waals surface area (Å²) in [4.78, 5) is 18.0. The topological polar surface area (TPSA) is 56.5 Å². The van der Waals surface area contributed by atoms with Gasteiger partial charge in [-0.3, -0.25) is 4.79 Å². The lowest BCUT2D eigenvalue weighted by atomic mass is 10.1. The molecule has 1 heterocycles. The number of ether oxygens (including phenoxy) is 1. The van der Waals surface area contributed by atoms with Gasteiger partial charge in [-0.15, -0.1) is 0 Å². The van der Waals surface area contributed by atoms with Gasteiger partial charge in [-0.25, -0.2) is 4.98 Å². The SMILES string of the molecule is CC[C@H](C)c1nc2ccc(Br)cc2c(=O)n1N=Cc1cc(Cl)c(OCc2ccccc2Cl)c(Cl)c1. The molecule has 180 valence electrons. The van der Waals surface area contributed by atoms with Crippen molar-refractivity contribution in [3.8, 4) is 5.75 Å². The maximum Gasteiger partial charge on any atom is 0.282 e. The first-order chi connectivity index (χ1) is 16.8. The van der Waals surface area contributed by atoms with Gasteiger partial charge in [0.05, 0.1) is 27.2 Å². The minimum absolute atomic E-state index is 0.0284. The molecule has 0 aliphatic carbocycles. The highest BCUT2D eigenvalue weighted by atomic mass is 79.9. The Kier molecular flexibility index (Phi) is 8.17. The van der Waals surface area contributed by atoms with Crippen molar-refractivity contribution in [3.05, 3.63) is 101 Å². The molecule has 35 heavy (non-hydrogen) atoms. The Balaban J connectivity index is 1.68. The summed E-state index contributed by atoms with van der Waals surface area (Å²) in [5.74, 6) is 0.959. The fourth-order valence-corrected chi connectivity index (χ4v) is 4.63. The van der Waals surface area contributed by atoms with Crippen molar-refractivity contribution < 1.29 is 4.74 Å². The molecule has 1 aromatic heterocycles. The molecule has 0 spiro atoms. The molecule has 4 rings (SSSR count). The lowest BCUT2D eigenvalue weighted by molar-refractivity contribution is 0.306. The number of rotatable bonds is 7. The van der Waals surface area contributed by atoms with E-state index in [-0.39, 0.29) is 18.1 Å². The van der Waals surface area contributed by atoms with Gasteiger partial charge in [0.2, 0.25) is 0 Å². The van der Waals surface area contributed by atoms with Crippen LogP contribution in [0.25, 0.3) is 10.9 Å². The van der Waals surface area contributed by atoms with Gasteiger partial charge in [-0.05, 0) is 48.4 Å². The summed E-state index contributed by atoms with van der Waals surface area (Å²) in [7, 11) is 0. The van der Waals surface area contributed by atoms with Crippen LogP contribution in [0.3, 0.4) is 0 Å². The molecule has 0 saturated carbocycles. The highest BCUT2D eigenvalue weighted by Crippen LogP contribution is 2.35. The summed E-state index contributed by atoms with van der Waals surface area (Å²) in [5, 5.41) is 6.18. The van der Waals surface area contributed by atoms with Gasteiger partial charge in [0.1, 0.15) is 12.4 Å². The molecule has 0 radical (unpaired) electrons. The molecule has 0 N–H and O–H groups in total. The first-order valence-electron chi connectivity index (χ1n) is 10.9. The second-order valence-corrected chi connectivity index (χ2v) is 10.1. The van der Waals surface area contributed by atoms with Crippen LogP contribution in [0.15, 0.2) is 69.0 Å². The van der Waals surface area contributed by atoms with E-state index in [9.17, 15) is 4.79 Å². The molecule has 5 nitrogen and oxygen atoms in total. The monoisotopic (exact) mass is 591 g/mol. The Bertz CT molecular complexity index is 1460. The third-order valence-electron chi connectivity index (χ3n) is 5.56. The number of hydrogen-bond acceptors (Lipinski definition) is 4. The van der Waals surface area contributed by atoms with Crippen LogP contribution in [0.4, 0.5) is 0 Å². The Morgan fingerprint density at radius 2 is 1.80 bits per heavy atom. The third-order valence-corrected chi connectivity index (χ3v) is 6.98. The lowest BCUT2D eigenvalue weighted by Crippen LogP contribution is -2.23. The van der Waals surface area contributed by atoms with Gasteiger partial charge in [0.25, 0.3) is 5.56 Å². The van der Waals surface area contributed by atoms with Crippen LogP contribution in [-0.4, -0.2) is 15.9 Å². The molecule has 1 atom stereocenters. The Hall–Kier alpha value is -2.38. The average molecular weight is 594 g/mol. The second kappa shape index (κ2) is 11.1. The maximum absolute atomic E-state index is 13.3.